The number of amides is 1. The average molecular weight is 347 g/mol. The van der Waals surface area contributed by atoms with Gasteiger partial charge in [0.2, 0.25) is 15.9 Å². The highest BCUT2D eigenvalue weighted by molar-refractivity contribution is 7.88. The zero-order valence-corrected chi connectivity index (χ0v) is 14.8. The number of sulfonamides is 1. The van der Waals surface area contributed by atoms with Crippen LogP contribution < -0.4 is 5.32 Å². The predicted octanol–water partition coefficient (Wildman–Crippen LogP) is 3.04. The molecule has 0 aromatic heterocycles. The van der Waals surface area contributed by atoms with Crippen molar-refractivity contribution in [3.63, 3.8) is 0 Å². The zero-order valence-electron chi connectivity index (χ0n) is 13.2. The molecule has 1 aromatic rings. The van der Waals surface area contributed by atoms with Crippen molar-refractivity contribution >= 4 is 33.2 Å². The van der Waals surface area contributed by atoms with Crippen molar-refractivity contribution in [1.82, 2.24) is 4.31 Å². The Balaban J connectivity index is 2.62. The van der Waals surface area contributed by atoms with E-state index in [0.717, 1.165) is 18.4 Å². The normalized spacial score (nSPS) is 11.7. The number of hydrogen-bond acceptors (Lipinski definition) is 3. The molecule has 0 bridgehead atoms. The van der Waals surface area contributed by atoms with Gasteiger partial charge < -0.3 is 5.32 Å². The minimum atomic E-state index is -3.29. The smallest absolute Gasteiger partial charge is 0.225 e. The third-order valence-electron chi connectivity index (χ3n) is 3.36. The number of rotatable bonds is 8. The molecule has 0 fully saturated rings. The van der Waals surface area contributed by atoms with Crippen LogP contribution in [0.5, 0.6) is 0 Å². The molecule has 0 heterocycles. The van der Waals surface area contributed by atoms with Crippen LogP contribution in [-0.2, 0) is 14.8 Å². The molecule has 5 nitrogen and oxygen atoms in total. The summed E-state index contributed by atoms with van der Waals surface area (Å²) >= 11 is 6.00. The molecule has 0 aliphatic carbocycles. The Bertz CT molecular complexity index is 617. The summed E-state index contributed by atoms with van der Waals surface area (Å²) in [5, 5.41) is 3.35. The lowest BCUT2D eigenvalue weighted by Gasteiger charge is -2.19. The minimum Gasteiger partial charge on any atom is -0.326 e. The lowest BCUT2D eigenvalue weighted by molar-refractivity contribution is -0.116. The van der Waals surface area contributed by atoms with E-state index in [4.69, 9.17) is 11.6 Å². The predicted molar refractivity (Wildman–Crippen MR) is 90.8 cm³/mol. The van der Waals surface area contributed by atoms with Gasteiger partial charge in [-0.2, -0.15) is 0 Å². The van der Waals surface area contributed by atoms with Gasteiger partial charge in [0.15, 0.2) is 0 Å². The van der Waals surface area contributed by atoms with Crippen LogP contribution >= 0.6 is 11.6 Å². The van der Waals surface area contributed by atoms with Crippen molar-refractivity contribution in [2.24, 2.45) is 0 Å². The number of hydrogen-bond donors (Lipinski definition) is 1. The van der Waals surface area contributed by atoms with E-state index in [0.29, 0.717) is 17.3 Å². The highest BCUT2D eigenvalue weighted by Gasteiger charge is 2.17. The quantitative estimate of drug-likeness (QED) is 0.786. The van der Waals surface area contributed by atoms with Gasteiger partial charge >= 0.3 is 0 Å². The van der Waals surface area contributed by atoms with Crippen LogP contribution in [0.3, 0.4) is 0 Å². The Labute approximate surface area is 137 Å². The molecule has 1 aromatic carbocycles. The standard InChI is InChI=1S/C15H23ClN2O3S/c1-4-5-10-18(22(3,20)21)11-9-15(19)17-14-8-6-7-13(16)12(14)2/h6-8H,4-5,9-11H2,1-3H3,(H,17,19). The molecule has 0 saturated carbocycles. The van der Waals surface area contributed by atoms with Crippen LogP contribution in [0.15, 0.2) is 18.2 Å². The van der Waals surface area contributed by atoms with E-state index in [9.17, 15) is 13.2 Å². The first-order valence-electron chi connectivity index (χ1n) is 7.25. The molecule has 0 radical (unpaired) electrons. The molecule has 124 valence electrons. The van der Waals surface area contributed by atoms with Gasteiger partial charge in [0.1, 0.15) is 0 Å². The average Bonchev–Trinajstić information content (AvgIpc) is 2.42. The summed E-state index contributed by atoms with van der Waals surface area (Å²) < 4.78 is 24.7. The lowest BCUT2D eigenvalue weighted by Crippen LogP contribution is -2.33. The van der Waals surface area contributed by atoms with Crippen molar-refractivity contribution in [3.05, 3.63) is 28.8 Å². The van der Waals surface area contributed by atoms with Gasteiger partial charge in [-0.1, -0.05) is 31.0 Å². The molecule has 0 saturated heterocycles. The van der Waals surface area contributed by atoms with Gasteiger partial charge in [0, 0.05) is 30.2 Å². The van der Waals surface area contributed by atoms with Gasteiger partial charge in [0.05, 0.1) is 6.26 Å². The van der Waals surface area contributed by atoms with Crippen LogP contribution in [-0.4, -0.2) is 38.0 Å². The second-order valence-electron chi connectivity index (χ2n) is 5.23. The molecular formula is C15H23ClN2O3S. The molecule has 1 amide bonds. The number of unbranched alkanes of at least 4 members (excludes halogenated alkanes) is 1. The van der Waals surface area contributed by atoms with Crippen molar-refractivity contribution in [3.8, 4) is 0 Å². The Morgan fingerprint density at radius 2 is 2.00 bits per heavy atom. The number of halogens is 1. The number of carbonyl (C=O) groups is 1. The number of nitrogens with one attached hydrogen (secondary N) is 1. The van der Waals surface area contributed by atoms with E-state index in [1.54, 1.807) is 18.2 Å². The van der Waals surface area contributed by atoms with Crippen LogP contribution in [0.4, 0.5) is 5.69 Å². The second-order valence-corrected chi connectivity index (χ2v) is 7.62. The van der Waals surface area contributed by atoms with Gasteiger partial charge in [0.25, 0.3) is 0 Å². The first kappa shape index (κ1) is 18.9. The van der Waals surface area contributed by atoms with E-state index < -0.39 is 10.0 Å². The summed E-state index contributed by atoms with van der Waals surface area (Å²) in [6.45, 7) is 4.44. The largest absolute Gasteiger partial charge is 0.326 e. The first-order chi connectivity index (χ1) is 10.3. The van der Waals surface area contributed by atoms with E-state index in [2.05, 4.69) is 5.32 Å². The maximum atomic E-state index is 12.0. The molecule has 1 rings (SSSR count). The fourth-order valence-electron chi connectivity index (χ4n) is 1.96. The molecule has 1 N–H and O–H groups in total. The fraction of sp³-hybridized carbons (Fsp3) is 0.533. The monoisotopic (exact) mass is 346 g/mol. The van der Waals surface area contributed by atoms with Crippen molar-refractivity contribution < 1.29 is 13.2 Å². The molecule has 0 spiro atoms. The number of nitrogens with zero attached hydrogens (tertiary/aromatic N) is 1. The van der Waals surface area contributed by atoms with E-state index in [-0.39, 0.29) is 18.9 Å². The molecule has 7 heteroatoms. The summed E-state index contributed by atoms with van der Waals surface area (Å²) in [4.78, 5) is 12.0. The maximum absolute atomic E-state index is 12.0. The fourth-order valence-corrected chi connectivity index (χ4v) is 3.02. The maximum Gasteiger partial charge on any atom is 0.225 e. The molecule has 0 atom stereocenters. The summed E-state index contributed by atoms with van der Waals surface area (Å²) in [6, 6.07) is 5.28. The van der Waals surface area contributed by atoms with E-state index in [1.165, 1.54) is 10.6 Å². The second kappa shape index (κ2) is 8.50. The molecular weight excluding hydrogens is 324 g/mol. The molecule has 22 heavy (non-hydrogen) atoms. The Morgan fingerprint density at radius 3 is 2.59 bits per heavy atom. The summed E-state index contributed by atoms with van der Waals surface area (Å²) in [5.41, 5.74) is 1.44. The topological polar surface area (TPSA) is 66.5 Å². The number of carbonyl (C=O) groups excluding carboxylic acids is 1. The third kappa shape index (κ3) is 5.94. The van der Waals surface area contributed by atoms with Crippen LogP contribution in [0, 0.1) is 6.92 Å². The molecule has 0 unspecified atom stereocenters. The lowest BCUT2D eigenvalue weighted by atomic mass is 10.2. The zero-order chi connectivity index (χ0) is 16.8. The Kier molecular flexibility index (Phi) is 7.32. The van der Waals surface area contributed by atoms with Crippen LogP contribution in [0.25, 0.3) is 0 Å². The SMILES string of the molecule is CCCCN(CCC(=O)Nc1cccc(Cl)c1C)S(C)(=O)=O. The minimum absolute atomic E-state index is 0.114. The Hall–Kier alpha value is -1.11. The number of anilines is 1. The van der Waals surface area contributed by atoms with Crippen LogP contribution in [0.1, 0.15) is 31.7 Å². The Morgan fingerprint density at radius 1 is 1.32 bits per heavy atom. The summed E-state index contributed by atoms with van der Waals surface area (Å²) in [6.07, 6.45) is 2.96. The summed E-state index contributed by atoms with van der Waals surface area (Å²) in [7, 11) is -3.29. The highest BCUT2D eigenvalue weighted by atomic mass is 35.5. The van der Waals surface area contributed by atoms with E-state index >= 15 is 0 Å². The van der Waals surface area contributed by atoms with Gasteiger partial charge in [-0.3, -0.25) is 4.79 Å². The van der Waals surface area contributed by atoms with Gasteiger partial charge in [-0.15, -0.1) is 0 Å². The number of benzene rings is 1. The van der Waals surface area contributed by atoms with Crippen molar-refractivity contribution in [1.29, 1.82) is 0 Å². The molecule has 0 aliphatic rings. The third-order valence-corrected chi connectivity index (χ3v) is 5.07. The van der Waals surface area contributed by atoms with Crippen molar-refractivity contribution in [2.75, 3.05) is 24.7 Å². The highest BCUT2D eigenvalue weighted by Crippen LogP contribution is 2.23. The van der Waals surface area contributed by atoms with Gasteiger partial charge in [-0.25, -0.2) is 12.7 Å². The first-order valence-corrected chi connectivity index (χ1v) is 9.48. The summed E-state index contributed by atoms with van der Waals surface area (Å²) in [5.74, 6) is -0.226. The molecule has 0 aliphatic heterocycles. The van der Waals surface area contributed by atoms with Crippen LogP contribution in [0.2, 0.25) is 5.02 Å². The van der Waals surface area contributed by atoms with Crippen molar-refractivity contribution in [2.45, 2.75) is 33.1 Å². The van der Waals surface area contributed by atoms with E-state index in [1.807, 2.05) is 13.8 Å². The van der Waals surface area contributed by atoms with Gasteiger partial charge in [-0.05, 0) is 31.0 Å².